The Labute approximate surface area is 92.2 Å². The highest BCUT2D eigenvalue weighted by atomic mass is 32.2. The summed E-state index contributed by atoms with van der Waals surface area (Å²) >= 11 is 2.16. The molecule has 1 aliphatic heterocycles. The molecule has 14 heavy (non-hydrogen) atoms. The number of hydrogen-bond donors (Lipinski definition) is 0. The van der Waals surface area contributed by atoms with Crippen molar-refractivity contribution in [1.82, 2.24) is 0 Å². The molecule has 1 aliphatic rings. The first kappa shape index (κ1) is 10.5. The zero-order valence-corrected chi connectivity index (χ0v) is 10.5. The van der Waals surface area contributed by atoms with Gasteiger partial charge in [0.25, 0.3) is 0 Å². The second kappa shape index (κ2) is 4.68. The average Bonchev–Trinajstić information content (AvgIpc) is 2.18. The maximum Gasteiger partial charge on any atom is 0.00637 e. The standard InChI is InChI=1S/C12H17PS/c1-10-8-13(9-11(2)14-10)12-6-4-3-5-7-12/h3-7,10-11H,8-9H2,1-2H3. The predicted octanol–water partition coefficient (Wildman–Crippen LogP) is 3.32. The van der Waals surface area contributed by atoms with Crippen molar-refractivity contribution >= 4 is 25.0 Å². The van der Waals surface area contributed by atoms with Gasteiger partial charge in [-0.15, -0.1) is 0 Å². The van der Waals surface area contributed by atoms with Crippen molar-refractivity contribution in [2.24, 2.45) is 0 Å². The minimum Gasteiger partial charge on any atom is -0.155 e. The fourth-order valence-corrected chi connectivity index (χ4v) is 6.99. The molecule has 0 aromatic heterocycles. The Balaban J connectivity index is 2.11. The van der Waals surface area contributed by atoms with E-state index < -0.39 is 0 Å². The van der Waals surface area contributed by atoms with Crippen molar-refractivity contribution < 1.29 is 0 Å². The van der Waals surface area contributed by atoms with Crippen LogP contribution in [0, 0.1) is 0 Å². The summed E-state index contributed by atoms with van der Waals surface area (Å²) in [4.78, 5) is 0. The number of hydrogen-bond acceptors (Lipinski definition) is 1. The molecular weight excluding hydrogens is 207 g/mol. The van der Waals surface area contributed by atoms with Crippen LogP contribution in [-0.4, -0.2) is 22.8 Å². The largest absolute Gasteiger partial charge is 0.155 e. The summed E-state index contributed by atoms with van der Waals surface area (Å²) in [5.41, 5.74) is 0. The molecule has 0 nitrogen and oxygen atoms in total. The van der Waals surface area contributed by atoms with E-state index in [-0.39, 0.29) is 7.92 Å². The van der Waals surface area contributed by atoms with E-state index in [4.69, 9.17) is 0 Å². The van der Waals surface area contributed by atoms with Crippen molar-refractivity contribution in [1.29, 1.82) is 0 Å². The van der Waals surface area contributed by atoms with E-state index in [0.29, 0.717) is 0 Å². The Morgan fingerprint density at radius 2 is 1.64 bits per heavy atom. The average molecular weight is 224 g/mol. The van der Waals surface area contributed by atoms with Gasteiger partial charge in [0.05, 0.1) is 0 Å². The van der Waals surface area contributed by atoms with Crippen LogP contribution in [0.25, 0.3) is 0 Å². The third-order valence-electron chi connectivity index (χ3n) is 2.54. The topological polar surface area (TPSA) is 0 Å². The SMILES string of the molecule is CC1CP(c2ccccc2)CC(C)S1. The molecule has 76 valence electrons. The maximum atomic E-state index is 2.37. The summed E-state index contributed by atoms with van der Waals surface area (Å²) in [5.74, 6) is 0. The highest BCUT2D eigenvalue weighted by Gasteiger charge is 2.24. The fourth-order valence-electron chi connectivity index (χ4n) is 2.03. The minimum atomic E-state index is 0.134. The Morgan fingerprint density at radius 3 is 2.21 bits per heavy atom. The van der Waals surface area contributed by atoms with Crippen LogP contribution in [0.15, 0.2) is 30.3 Å². The monoisotopic (exact) mass is 224 g/mol. The molecule has 0 radical (unpaired) electrons. The summed E-state index contributed by atoms with van der Waals surface area (Å²) in [6, 6.07) is 11.1. The van der Waals surface area contributed by atoms with Crippen LogP contribution in [0.5, 0.6) is 0 Å². The molecule has 2 unspecified atom stereocenters. The van der Waals surface area contributed by atoms with E-state index in [0.717, 1.165) is 10.5 Å². The highest BCUT2D eigenvalue weighted by Crippen LogP contribution is 2.45. The third-order valence-corrected chi connectivity index (χ3v) is 7.30. The molecule has 0 N–H and O–H groups in total. The van der Waals surface area contributed by atoms with E-state index >= 15 is 0 Å². The Bertz CT molecular complexity index is 276. The zero-order chi connectivity index (χ0) is 9.97. The van der Waals surface area contributed by atoms with Crippen LogP contribution >= 0.6 is 19.7 Å². The molecule has 2 atom stereocenters. The van der Waals surface area contributed by atoms with Gasteiger partial charge in [-0.25, -0.2) is 0 Å². The van der Waals surface area contributed by atoms with E-state index in [9.17, 15) is 0 Å². The summed E-state index contributed by atoms with van der Waals surface area (Å²) in [6.07, 6.45) is 2.82. The summed E-state index contributed by atoms with van der Waals surface area (Å²) in [6.45, 7) is 4.75. The van der Waals surface area contributed by atoms with Gasteiger partial charge in [0.2, 0.25) is 0 Å². The lowest BCUT2D eigenvalue weighted by Crippen LogP contribution is -2.23. The van der Waals surface area contributed by atoms with Crippen molar-refractivity contribution in [3.05, 3.63) is 30.3 Å². The molecule has 0 amide bonds. The molecule has 1 aromatic carbocycles. The first-order chi connectivity index (χ1) is 6.75. The lowest BCUT2D eigenvalue weighted by atomic mass is 10.4. The first-order valence-corrected chi connectivity index (χ1v) is 7.86. The van der Waals surface area contributed by atoms with Crippen LogP contribution in [0.2, 0.25) is 0 Å². The molecule has 2 heteroatoms. The molecule has 2 rings (SSSR count). The van der Waals surface area contributed by atoms with E-state index in [1.807, 2.05) is 0 Å². The normalized spacial score (nSPS) is 32.9. The van der Waals surface area contributed by atoms with E-state index in [2.05, 4.69) is 55.9 Å². The van der Waals surface area contributed by atoms with Gasteiger partial charge in [-0.1, -0.05) is 52.1 Å². The molecule has 0 aliphatic carbocycles. The van der Waals surface area contributed by atoms with Gasteiger partial charge >= 0.3 is 0 Å². The van der Waals surface area contributed by atoms with Crippen LogP contribution < -0.4 is 5.30 Å². The number of benzene rings is 1. The van der Waals surface area contributed by atoms with Crippen LogP contribution in [0.1, 0.15) is 13.8 Å². The van der Waals surface area contributed by atoms with Crippen LogP contribution in [-0.2, 0) is 0 Å². The van der Waals surface area contributed by atoms with Crippen LogP contribution in [0.4, 0.5) is 0 Å². The second-order valence-corrected chi connectivity index (χ2v) is 8.21. The lowest BCUT2D eigenvalue weighted by molar-refractivity contribution is 1.02. The van der Waals surface area contributed by atoms with Gasteiger partial charge in [-0.3, -0.25) is 0 Å². The Kier molecular flexibility index (Phi) is 3.52. The molecule has 1 saturated heterocycles. The van der Waals surface area contributed by atoms with Crippen molar-refractivity contribution in [3.8, 4) is 0 Å². The molecule has 0 saturated carbocycles. The first-order valence-electron chi connectivity index (χ1n) is 5.21. The van der Waals surface area contributed by atoms with Crippen molar-refractivity contribution in [2.45, 2.75) is 24.3 Å². The second-order valence-electron chi connectivity index (χ2n) is 4.00. The molecule has 1 fully saturated rings. The summed E-state index contributed by atoms with van der Waals surface area (Å²) < 4.78 is 0. The Hall–Kier alpha value is -0.0000000000000000555. The zero-order valence-electron chi connectivity index (χ0n) is 8.81. The van der Waals surface area contributed by atoms with Gasteiger partial charge in [-0.2, -0.15) is 11.8 Å². The predicted molar refractivity (Wildman–Crippen MR) is 69.2 cm³/mol. The number of rotatable bonds is 1. The van der Waals surface area contributed by atoms with E-state index in [1.54, 1.807) is 5.30 Å². The van der Waals surface area contributed by atoms with Gasteiger partial charge in [0.15, 0.2) is 0 Å². The summed E-state index contributed by atoms with van der Waals surface area (Å²) in [5, 5.41) is 3.30. The lowest BCUT2D eigenvalue weighted by Gasteiger charge is -2.31. The minimum absolute atomic E-state index is 0.134. The quantitative estimate of drug-likeness (QED) is 0.659. The molecule has 1 aromatic rings. The maximum absolute atomic E-state index is 2.37. The number of thioether (sulfide) groups is 1. The molecule has 0 spiro atoms. The smallest absolute Gasteiger partial charge is 0.00637 e. The van der Waals surface area contributed by atoms with Gasteiger partial charge in [-0.05, 0) is 17.6 Å². The fraction of sp³-hybridized carbons (Fsp3) is 0.500. The van der Waals surface area contributed by atoms with Gasteiger partial charge in [0, 0.05) is 10.5 Å². The molecule has 0 bridgehead atoms. The summed E-state index contributed by atoms with van der Waals surface area (Å²) in [7, 11) is 0.134. The van der Waals surface area contributed by atoms with Gasteiger partial charge in [0.1, 0.15) is 0 Å². The van der Waals surface area contributed by atoms with Gasteiger partial charge < -0.3 is 0 Å². The van der Waals surface area contributed by atoms with Crippen molar-refractivity contribution in [2.75, 3.05) is 12.3 Å². The molecular formula is C12H17PS. The highest BCUT2D eigenvalue weighted by molar-refractivity contribution is 8.01. The Morgan fingerprint density at radius 1 is 1.07 bits per heavy atom. The van der Waals surface area contributed by atoms with E-state index in [1.165, 1.54) is 12.3 Å². The van der Waals surface area contributed by atoms with Crippen LogP contribution in [0.3, 0.4) is 0 Å². The third kappa shape index (κ3) is 2.52. The van der Waals surface area contributed by atoms with Crippen molar-refractivity contribution in [3.63, 3.8) is 0 Å². The molecule has 1 heterocycles.